The minimum absolute atomic E-state index is 0.0480. The predicted molar refractivity (Wildman–Crippen MR) is 92.6 cm³/mol. The van der Waals surface area contributed by atoms with Crippen molar-refractivity contribution in [2.45, 2.75) is 38.8 Å². The van der Waals surface area contributed by atoms with E-state index in [4.69, 9.17) is 11.6 Å². The molecule has 0 radical (unpaired) electrons. The molecule has 2 aromatic rings. The number of halogens is 1. The summed E-state index contributed by atoms with van der Waals surface area (Å²) >= 11 is 5.95. The number of likely N-dealkylation sites (tertiary alicyclic amines) is 1. The zero-order valence-electron chi connectivity index (χ0n) is 13.8. The fourth-order valence-electron chi connectivity index (χ4n) is 3.08. The molecule has 1 aromatic heterocycles. The number of hydrogen-bond acceptors (Lipinski definition) is 4. The smallest absolute Gasteiger partial charge is 0.221 e. The van der Waals surface area contributed by atoms with Gasteiger partial charge in [-0.15, -0.1) is 0 Å². The van der Waals surface area contributed by atoms with Crippen LogP contribution in [-0.2, 0) is 11.3 Å². The van der Waals surface area contributed by atoms with Crippen LogP contribution in [0.5, 0.6) is 0 Å². The van der Waals surface area contributed by atoms with Crippen LogP contribution in [0.4, 0.5) is 0 Å². The van der Waals surface area contributed by atoms with E-state index in [9.17, 15) is 4.79 Å². The van der Waals surface area contributed by atoms with Crippen LogP contribution < -0.4 is 5.32 Å². The molecule has 1 amide bonds. The molecule has 1 atom stereocenters. The summed E-state index contributed by atoms with van der Waals surface area (Å²) in [5.41, 5.74) is 1.01. The normalized spacial score (nSPS) is 18.0. The van der Waals surface area contributed by atoms with Crippen molar-refractivity contribution in [2.75, 3.05) is 13.1 Å². The molecule has 2 heterocycles. The Labute approximate surface area is 146 Å². The molecule has 7 heteroatoms. The van der Waals surface area contributed by atoms with Crippen LogP contribution in [0.3, 0.4) is 0 Å². The van der Waals surface area contributed by atoms with Crippen molar-refractivity contribution < 1.29 is 4.79 Å². The largest absolute Gasteiger partial charge is 0.352 e. The minimum atomic E-state index is 0.0480. The molecule has 6 nitrogen and oxygen atoms in total. The van der Waals surface area contributed by atoms with Gasteiger partial charge in [-0.3, -0.25) is 14.8 Å². The molecule has 1 unspecified atom stereocenters. The standard InChI is InChI=1S/C17H22ClN5O/c1-12-20-17(22-21-12)15-6-3-8-23(15)9-7-16(24)19-11-13-4-2-5-14(18)10-13/h2,4-5,10,15H,3,6-9,11H2,1H3,(H,19,24)(H,20,21,22). The molecule has 1 aliphatic rings. The summed E-state index contributed by atoms with van der Waals surface area (Å²) in [5, 5.41) is 10.8. The van der Waals surface area contributed by atoms with E-state index < -0.39 is 0 Å². The van der Waals surface area contributed by atoms with Gasteiger partial charge in [-0.2, -0.15) is 5.10 Å². The molecule has 0 spiro atoms. The Kier molecular flexibility index (Phi) is 5.48. The molecule has 2 N–H and O–H groups in total. The van der Waals surface area contributed by atoms with Crippen molar-refractivity contribution in [3.63, 3.8) is 0 Å². The lowest BCUT2D eigenvalue weighted by Gasteiger charge is -2.21. The van der Waals surface area contributed by atoms with Crippen molar-refractivity contribution >= 4 is 17.5 Å². The molecule has 1 aromatic carbocycles. The Morgan fingerprint density at radius 1 is 1.50 bits per heavy atom. The topological polar surface area (TPSA) is 73.9 Å². The van der Waals surface area contributed by atoms with Crippen molar-refractivity contribution in [2.24, 2.45) is 0 Å². The fraction of sp³-hybridized carbons (Fsp3) is 0.471. The van der Waals surface area contributed by atoms with E-state index in [0.29, 0.717) is 18.0 Å². The van der Waals surface area contributed by atoms with E-state index in [-0.39, 0.29) is 11.9 Å². The maximum absolute atomic E-state index is 12.1. The first-order valence-corrected chi connectivity index (χ1v) is 8.64. The van der Waals surface area contributed by atoms with Crippen molar-refractivity contribution in [3.8, 4) is 0 Å². The molecular formula is C17H22ClN5O. The van der Waals surface area contributed by atoms with Gasteiger partial charge in [0.15, 0.2) is 5.82 Å². The lowest BCUT2D eigenvalue weighted by Crippen LogP contribution is -2.31. The third-order valence-electron chi connectivity index (χ3n) is 4.28. The molecule has 0 saturated carbocycles. The first-order valence-electron chi connectivity index (χ1n) is 8.26. The second-order valence-corrected chi connectivity index (χ2v) is 6.57. The van der Waals surface area contributed by atoms with Crippen LogP contribution in [0.2, 0.25) is 5.02 Å². The Morgan fingerprint density at radius 3 is 3.12 bits per heavy atom. The minimum Gasteiger partial charge on any atom is -0.352 e. The number of aryl methyl sites for hydroxylation is 1. The zero-order valence-corrected chi connectivity index (χ0v) is 14.5. The Hall–Kier alpha value is -1.92. The summed E-state index contributed by atoms with van der Waals surface area (Å²) in [6.45, 7) is 4.11. The summed E-state index contributed by atoms with van der Waals surface area (Å²) in [4.78, 5) is 18.8. The molecule has 0 bridgehead atoms. The number of rotatable bonds is 6. The van der Waals surface area contributed by atoms with Gasteiger partial charge < -0.3 is 5.32 Å². The van der Waals surface area contributed by atoms with Gasteiger partial charge in [-0.1, -0.05) is 23.7 Å². The van der Waals surface area contributed by atoms with E-state index in [1.54, 1.807) is 0 Å². The first-order chi connectivity index (χ1) is 11.6. The second kappa shape index (κ2) is 7.77. The highest BCUT2D eigenvalue weighted by Crippen LogP contribution is 2.29. The number of H-pyrrole nitrogens is 1. The van der Waals surface area contributed by atoms with E-state index in [2.05, 4.69) is 25.4 Å². The zero-order chi connectivity index (χ0) is 16.9. The average Bonchev–Trinajstić information content (AvgIpc) is 3.19. The van der Waals surface area contributed by atoms with Gasteiger partial charge in [0, 0.05) is 24.5 Å². The summed E-state index contributed by atoms with van der Waals surface area (Å²) in [7, 11) is 0. The first kappa shape index (κ1) is 16.9. The number of benzene rings is 1. The molecular weight excluding hydrogens is 326 g/mol. The predicted octanol–water partition coefficient (Wildman–Crippen LogP) is 2.61. The number of amides is 1. The van der Waals surface area contributed by atoms with Crippen LogP contribution in [0.15, 0.2) is 24.3 Å². The Morgan fingerprint density at radius 2 is 2.38 bits per heavy atom. The third kappa shape index (κ3) is 4.33. The number of nitrogens with one attached hydrogen (secondary N) is 2. The molecule has 1 saturated heterocycles. The van der Waals surface area contributed by atoms with Crippen LogP contribution in [0.1, 0.15) is 42.5 Å². The van der Waals surface area contributed by atoms with E-state index >= 15 is 0 Å². The molecule has 0 aliphatic carbocycles. The van der Waals surface area contributed by atoms with Gasteiger partial charge in [0.1, 0.15) is 5.82 Å². The summed E-state index contributed by atoms with van der Waals surface area (Å²) in [6.07, 6.45) is 2.63. The molecule has 3 rings (SSSR count). The van der Waals surface area contributed by atoms with E-state index in [1.165, 1.54) is 0 Å². The number of hydrogen-bond donors (Lipinski definition) is 2. The number of aromatic amines is 1. The van der Waals surface area contributed by atoms with Gasteiger partial charge >= 0.3 is 0 Å². The quantitative estimate of drug-likeness (QED) is 0.842. The summed E-state index contributed by atoms with van der Waals surface area (Å²) < 4.78 is 0. The lowest BCUT2D eigenvalue weighted by atomic mass is 10.2. The molecule has 1 aliphatic heterocycles. The number of carbonyl (C=O) groups excluding carboxylic acids is 1. The monoisotopic (exact) mass is 347 g/mol. The number of nitrogens with zero attached hydrogens (tertiary/aromatic N) is 3. The van der Waals surface area contributed by atoms with Gasteiger partial charge in [0.25, 0.3) is 0 Å². The van der Waals surface area contributed by atoms with Crippen LogP contribution >= 0.6 is 11.6 Å². The van der Waals surface area contributed by atoms with Crippen LogP contribution in [0, 0.1) is 6.92 Å². The summed E-state index contributed by atoms with van der Waals surface area (Å²) in [5.74, 6) is 1.72. The Bertz CT molecular complexity index is 702. The van der Waals surface area contributed by atoms with Gasteiger partial charge in [0.05, 0.1) is 6.04 Å². The molecule has 1 fully saturated rings. The highest BCUT2D eigenvalue weighted by Gasteiger charge is 2.28. The van der Waals surface area contributed by atoms with Crippen molar-refractivity contribution in [1.82, 2.24) is 25.4 Å². The van der Waals surface area contributed by atoms with Gasteiger partial charge in [-0.25, -0.2) is 4.98 Å². The highest BCUT2D eigenvalue weighted by atomic mass is 35.5. The van der Waals surface area contributed by atoms with Crippen molar-refractivity contribution in [1.29, 1.82) is 0 Å². The van der Waals surface area contributed by atoms with E-state index in [1.807, 2.05) is 31.2 Å². The Balaban J connectivity index is 1.47. The van der Waals surface area contributed by atoms with Crippen LogP contribution in [0.25, 0.3) is 0 Å². The van der Waals surface area contributed by atoms with Gasteiger partial charge in [-0.05, 0) is 44.0 Å². The average molecular weight is 348 g/mol. The highest BCUT2D eigenvalue weighted by molar-refractivity contribution is 6.30. The van der Waals surface area contributed by atoms with Crippen LogP contribution in [-0.4, -0.2) is 39.1 Å². The van der Waals surface area contributed by atoms with Crippen molar-refractivity contribution in [3.05, 3.63) is 46.5 Å². The number of aromatic nitrogens is 3. The SMILES string of the molecule is Cc1nc(C2CCCN2CCC(=O)NCc2cccc(Cl)c2)n[nH]1. The maximum atomic E-state index is 12.1. The van der Waals surface area contributed by atoms with E-state index in [0.717, 1.165) is 43.1 Å². The number of carbonyl (C=O) groups is 1. The maximum Gasteiger partial charge on any atom is 0.221 e. The second-order valence-electron chi connectivity index (χ2n) is 6.13. The fourth-order valence-corrected chi connectivity index (χ4v) is 3.29. The molecule has 128 valence electrons. The molecule has 24 heavy (non-hydrogen) atoms. The lowest BCUT2D eigenvalue weighted by molar-refractivity contribution is -0.121. The summed E-state index contributed by atoms with van der Waals surface area (Å²) in [6, 6.07) is 7.75. The third-order valence-corrected chi connectivity index (χ3v) is 4.52. The van der Waals surface area contributed by atoms with Gasteiger partial charge in [0.2, 0.25) is 5.91 Å².